The molecule has 162 valence electrons. The summed E-state index contributed by atoms with van der Waals surface area (Å²) in [5.41, 5.74) is 8.97. The van der Waals surface area contributed by atoms with Gasteiger partial charge < -0.3 is 15.2 Å². The number of nitrogens with zero attached hydrogens (tertiary/aromatic N) is 5. The summed E-state index contributed by atoms with van der Waals surface area (Å²) in [5.74, 6) is 1.39. The Labute approximate surface area is 182 Å². The number of aryl methyl sites for hydroxylation is 1. The molecule has 0 bridgehead atoms. The van der Waals surface area contributed by atoms with Crippen LogP contribution in [0.25, 0.3) is 27.9 Å². The zero-order chi connectivity index (χ0) is 21.9. The van der Waals surface area contributed by atoms with Crippen LogP contribution < -0.4 is 10.2 Å². The molecule has 2 N–H and O–H groups in total. The molecule has 0 saturated carbocycles. The van der Waals surface area contributed by atoms with E-state index >= 15 is 0 Å². The van der Waals surface area contributed by atoms with Crippen LogP contribution in [0.3, 0.4) is 0 Å². The monoisotopic (exact) mass is 417 g/mol. The molecule has 0 spiro atoms. The third-order valence-corrected chi connectivity index (χ3v) is 6.70. The summed E-state index contributed by atoms with van der Waals surface area (Å²) in [7, 11) is 0. The van der Waals surface area contributed by atoms with Gasteiger partial charge in [0.25, 0.3) is 0 Å². The van der Waals surface area contributed by atoms with Gasteiger partial charge in [0.05, 0.1) is 16.7 Å². The van der Waals surface area contributed by atoms with Crippen molar-refractivity contribution in [3.8, 4) is 11.3 Å². The molecule has 5 heterocycles. The summed E-state index contributed by atoms with van der Waals surface area (Å²) in [6, 6.07) is 5.21. The SMILES string of the molecule is Cc1c(-c2[nH]c3ccc(N4C[C@H](C)NC[C@H]4C)nc3c2C(C)C)cn2ncnc2c1C. The van der Waals surface area contributed by atoms with Crippen LogP contribution in [0.1, 0.15) is 50.3 Å². The molecule has 0 amide bonds. The lowest BCUT2D eigenvalue weighted by Crippen LogP contribution is -2.54. The molecule has 0 radical (unpaired) electrons. The van der Waals surface area contributed by atoms with E-state index in [0.29, 0.717) is 18.0 Å². The number of anilines is 1. The molecule has 0 aromatic carbocycles. The number of fused-ring (bicyclic) bond motifs is 2. The van der Waals surface area contributed by atoms with Gasteiger partial charge in [-0.25, -0.2) is 14.5 Å². The summed E-state index contributed by atoms with van der Waals surface area (Å²) >= 11 is 0. The number of aromatic nitrogens is 5. The third-order valence-electron chi connectivity index (χ3n) is 6.70. The van der Waals surface area contributed by atoms with Gasteiger partial charge in [0.15, 0.2) is 5.65 Å². The second-order valence-corrected chi connectivity index (χ2v) is 9.27. The molecule has 1 aliphatic rings. The molecule has 4 aromatic heterocycles. The highest BCUT2D eigenvalue weighted by atomic mass is 15.3. The summed E-state index contributed by atoms with van der Waals surface area (Å²) in [4.78, 5) is 15.7. The Kier molecular flexibility index (Phi) is 4.73. The van der Waals surface area contributed by atoms with Gasteiger partial charge in [0.1, 0.15) is 12.1 Å². The average molecular weight is 418 g/mol. The highest BCUT2D eigenvalue weighted by Crippen LogP contribution is 2.38. The minimum Gasteiger partial charge on any atom is -0.353 e. The second-order valence-electron chi connectivity index (χ2n) is 9.27. The van der Waals surface area contributed by atoms with Crippen LogP contribution in [0.4, 0.5) is 5.82 Å². The van der Waals surface area contributed by atoms with E-state index < -0.39 is 0 Å². The van der Waals surface area contributed by atoms with Crippen molar-refractivity contribution in [3.05, 3.63) is 41.3 Å². The molecule has 2 atom stereocenters. The lowest BCUT2D eigenvalue weighted by molar-refractivity contribution is 0.423. The standard InChI is InChI=1S/C24H31N7/c1-13(2)21-22(18-11-31-24(26-12-27-31)17(6)16(18)5)28-19-7-8-20(29-23(19)21)30-10-14(3)25-9-15(30)4/h7-8,11-15,25,28H,9-10H2,1-6H3/t14-,15+/m0/s1. The lowest BCUT2D eigenvalue weighted by Gasteiger charge is -2.38. The van der Waals surface area contributed by atoms with E-state index in [4.69, 9.17) is 4.98 Å². The number of piperazine rings is 1. The molecule has 7 heteroatoms. The summed E-state index contributed by atoms with van der Waals surface area (Å²) in [5, 5.41) is 7.95. The quantitative estimate of drug-likeness (QED) is 0.523. The van der Waals surface area contributed by atoms with Gasteiger partial charge in [0, 0.05) is 42.5 Å². The minimum absolute atomic E-state index is 0.331. The summed E-state index contributed by atoms with van der Waals surface area (Å²) in [6.45, 7) is 15.2. The molecule has 1 aliphatic heterocycles. The highest BCUT2D eigenvalue weighted by Gasteiger charge is 2.26. The number of rotatable bonds is 3. The number of H-pyrrole nitrogens is 1. The van der Waals surface area contributed by atoms with Crippen molar-refractivity contribution in [1.82, 2.24) is 29.9 Å². The van der Waals surface area contributed by atoms with Crippen molar-refractivity contribution in [3.63, 3.8) is 0 Å². The molecular formula is C24H31N7. The van der Waals surface area contributed by atoms with E-state index in [0.717, 1.165) is 52.4 Å². The van der Waals surface area contributed by atoms with Crippen LogP contribution in [0.5, 0.6) is 0 Å². The zero-order valence-electron chi connectivity index (χ0n) is 19.2. The first-order chi connectivity index (χ1) is 14.8. The van der Waals surface area contributed by atoms with Crippen molar-refractivity contribution < 1.29 is 0 Å². The molecule has 0 unspecified atom stereocenters. The van der Waals surface area contributed by atoms with E-state index in [9.17, 15) is 0 Å². The Balaban J connectivity index is 1.70. The van der Waals surface area contributed by atoms with Crippen molar-refractivity contribution in [2.24, 2.45) is 0 Å². The van der Waals surface area contributed by atoms with Crippen molar-refractivity contribution in [2.45, 2.75) is 59.5 Å². The normalized spacial score (nSPS) is 19.8. The lowest BCUT2D eigenvalue weighted by atomic mass is 9.95. The molecule has 1 saturated heterocycles. The van der Waals surface area contributed by atoms with Crippen LogP contribution in [-0.2, 0) is 0 Å². The predicted molar refractivity (Wildman–Crippen MR) is 126 cm³/mol. The number of hydrogen-bond donors (Lipinski definition) is 2. The van der Waals surface area contributed by atoms with Crippen molar-refractivity contribution >= 4 is 22.5 Å². The van der Waals surface area contributed by atoms with Crippen LogP contribution in [0, 0.1) is 13.8 Å². The molecular weight excluding hydrogens is 386 g/mol. The van der Waals surface area contributed by atoms with Gasteiger partial charge in [-0.05, 0) is 56.9 Å². The number of hydrogen-bond acceptors (Lipinski definition) is 5. The fourth-order valence-electron chi connectivity index (χ4n) is 4.80. The maximum Gasteiger partial charge on any atom is 0.158 e. The summed E-state index contributed by atoms with van der Waals surface area (Å²) < 4.78 is 1.87. The molecule has 1 fully saturated rings. The fraction of sp³-hybridized carbons (Fsp3) is 0.458. The van der Waals surface area contributed by atoms with E-state index in [-0.39, 0.29) is 0 Å². The van der Waals surface area contributed by atoms with Gasteiger partial charge >= 0.3 is 0 Å². The predicted octanol–water partition coefficient (Wildman–Crippen LogP) is 4.20. The summed E-state index contributed by atoms with van der Waals surface area (Å²) in [6.07, 6.45) is 3.70. The number of pyridine rings is 2. The first-order valence-corrected chi connectivity index (χ1v) is 11.2. The van der Waals surface area contributed by atoms with Crippen LogP contribution in [0.15, 0.2) is 24.7 Å². The van der Waals surface area contributed by atoms with Gasteiger partial charge in [-0.2, -0.15) is 5.10 Å². The minimum atomic E-state index is 0.331. The average Bonchev–Trinajstić information content (AvgIpc) is 3.36. The molecule has 4 aromatic rings. The van der Waals surface area contributed by atoms with Gasteiger partial charge in [-0.15, -0.1) is 0 Å². The first kappa shape index (κ1) is 20.0. The Morgan fingerprint density at radius 1 is 1.13 bits per heavy atom. The third kappa shape index (κ3) is 3.19. The van der Waals surface area contributed by atoms with Gasteiger partial charge in [0.2, 0.25) is 0 Å². The Bertz CT molecular complexity index is 1270. The first-order valence-electron chi connectivity index (χ1n) is 11.2. The van der Waals surface area contributed by atoms with Crippen LogP contribution in [-0.4, -0.2) is 49.7 Å². The second kappa shape index (κ2) is 7.34. The van der Waals surface area contributed by atoms with E-state index in [1.807, 2.05) is 4.52 Å². The smallest absolute Gasteiger partial charge is 0.158 e. The van der Waals surface area contributed by atoms with E-state index in [2.05, 4.69) is 85.2 Å². The Hall–Kier alpha value is -2.93. The molecule has 5 rings (SSSR count). The highest BCUT2D eigenvalue weighted by molar-refractivity contribution is 5.90. The van der Waals surface area contributed by atoms with Crippen LogP contribution >= 0.6 is 0 Å². The number of nitrogens with one attached hydrogen (secondary N) is 2. The van der Waals surface area contributed by atoms with Crippen molar-refractivity contribution in [1.29, 1.82) is 0 Å². The molecule has 31 heavy (non-hydrogen) atoms. The zero-order valence-corrected chi connectivity index (χ0v) is 19.2. The van der Waals surface area contributed by atoms with E-state index in [1.165, 1.54) is 11.1 Å². The largest absolute Gasteiger partial charge is 0.353 e. The van der Waals surface area contributed by atoms with E-state index in [1.54, 1.807) is 6.33 Å². The van der Waals surface area contributed by atoms with Crippen LogP contribution in [0.2, 0.25) is 0 Å². The molecule has 0 aliphatic carbocycles. The maximum atomic E-state index is 5.19. The topological polar surface area (TPSA) is 74.1 Å². The van der Waals surface area contributed by atoms with Gasteiger partial charge in [-0.1, -0.05) is 13.8 Å². The number of aromatic amines is 1. The van der Waals surface area contributed by atoms with Gasteiger partial charge in [-0.3, -0.25) is 0 Å². The Morgan fingerprint density at radius 2 is 1.94 bits per heavy atom. The molecule has 7 nitrogen and oxygen atoms in total. The Morgan fingerprint density at radius 3 is 2.71 bits per heavy atom. The van der Waals surface area contributed by atoms with Crippen molar-refractivity contribution in [2.75, 3.05) is 18.0 Å². The maximum absolute atomic E-state index is 5.19. The fourth-order valence-corrected chi connectivity index (χ4v) is 4.80.